The number of amides is 3. The molecule has 2 aromatic carbocycles. The Balaban J connectivity index is 1.46. The molecular formula is C20H19N3O3. The number of hydrogen-bond acceptors (Lipinski definition) is 3. The van der Waals surface area contributed by atoms with E-state index >= 15 is 0 Å². The van der Waals surface area contributed by atoms with Crippen molar-refractivity contribution in [2.24, 2.45) is 0 Å². The Morgan fingerprint density at radius 2 is 2.08 bits per heavy atom. The molecule has 0 saturated carbocycles. The lowest BCUT2D eigenvalue weighted by Crippen LogP contribution is -2.28. The standard InChI is InChI=1S/C20H19N3O3/c1-13-10-15(6-7-17(13)23-9-8-21-20(23)25)19(24)22-12-16-11-14-4-2-3-5-18(14)26-16/h2-7,10-11H,8-9,12H2,1H3,(H,21,25)(H,22,24). The first-order chi connectivity index (χ1) is 12.6. The van der Waals surface area contributed by atoms with Gasteiger partial charge in [-0.3, -0.25) is 9.69 Å². The molecule has 6 heteroatoms. The summed E-state index contributed by atoms with van der Waals surface area (Å²) in [5.41, 5.74) is 3.08. The number of carbonyl (C=O) groups excluding carboxylic acids is 2. The zero-order valence-electron chi connectivity index (χ0n) is 14.4. The van der Waals surface area contributed by atoms with Gasteiger partial charge in [0.05, 0.1) is 6.54 Å². The highest BCUT2D eigenvalue weighted by molar-refractivity contribution is 5.97. The minimum absolute atomic E-state index is 0.102. The van der Waals surface area contributed by atoms with Gasteiger partial charge in [0.2, 0.25) is 0 Å². The fourth-order valence-electron chi connectivity index (χ4n) is 3.19. The number of rotatable bonds is 4. The maximum absolute atomic E-state index is 12.4. The molecule has 0 unspecified atom stereocenters. The summed E-state index contributed by atoms with van der Waals surface area (Å²) < 4.78 is 5.71. The second kappa shape index (κ2) is 6.55. The number of urea groups is 1. The Bertz CT molecular complexity index is 960. The van der Waals surface area contributed by atoms with Crippen LogP contribution in [0.4, 0.5) is 10.5 Å². The number of nitrogens with one attached hydrogen (secondary N) is 2. The van der Waals surface area contributed by atoms with Gasteiger partial charge < -0.3 is 15.1 Å². The lowest BCUT2D eigenvalue weighted by molar-refractivity contribution is 0.0948. The number of anilines is 1. The Kier molecular flexibility index (Phi) is 4.08. The minimum Gasteiger partial charge on any atom is -0.459 e. The predicted octanol–water partition coefficient (Wildman–Crippen LogP) is 3.20. The van der Waals surface area contributed by atoms with Gasteiger partial charge in [-0.25, -0.2) is 4.79 Å². The van der Waals surface area contributed by atoms with E-state index in [1.54, 1.807) is 17.0 Å². The number of para-hydroxylation sites is 1. The lowest BCUT2D eigenvalue weighted by Gasteiger charge is -2.17. The molecule has 1 aliphatic rings. The Morgan fingerprint density at radius 1 is 1.23 bits per heavy atom. The number of aryl methyl sites for hydroxylation is 1. The molecule has 1 aliphatic heterocycles. The van der Waals surface area contributed by atoms with Gasteiger partial charge in [0.15, 0.2) is 0 Å². The van der Waals surface area contributed by atoms with Gasteiger partial charge >= 0.3 is 6.03 Å². The van der Waals surface area contributed by atoms with Gasteiger partial charge in [-0.2, -0.15) is 0 Å². The predicted molar refractivity (Wildman–Crippen MR) is 99.3 cm³/mol. The van der Waals surface area contributed by atoms with Crippen LogP contribution in [0.5, 0.6) is 0 Å². The molecule has 2 heterocycles. The number of fused-ring (bicyclic) bond motifs is 1. The number of carbonyl (C=O) groups is 2. The van der Waals surface area contributed by atoms with Crippen LogP contribution in [0.3, 0.4) is 0 Å². The fraction of sp³-hybridized carbons (Fsp3) is 0.200. The van der Waals surface area contributed by atoms with Crippen LogP contribution in [0.15, 0.2) is 52.9 Å². The Labute approximate surface area is 150 Å². The lowest BCUT2D eigenvalue weighted by atomic mass is 10.1. The highest BCUT2D eigenvalue weighted by Gasteiger charge is 2.23. The highest BCUT2D eigenvalue weighted by atomic mass is 16.3. The number of hydrogen-bond donors (Lipinski definition) is 2. The van der Waals surface area contributed by atoms with Crippen molar-refractivity contribution in [2.75, 3.05) is 18.0 Å². The van der Waals surface area contributed by atoms with E-state index in [9.17, 15) is 9.59 Å². The third-order valence-electron chi connectivity index (χ3n) is 4.51. The van der Waals surface area contributed by atoms with Crippen LogP contribution in [0.2, 0.25) is 0 Å². The van der Waals surface area contributed by atoms with Crippen molar-refractivity contribution in [3.8, 4) is 0 Å². The molecule has 1 aromatic heterocycles. The highest BCUT2D eigenvalue weighted by Crippen LogP contribution is 2.23. The maximum Gasteiger partial charge on any atom is 0.322 e. The largest absolute Gasteiger partial charge is 0.459 e. The number of furan rings is 1. The van der Waals surface area contributed by atoms with E-state index < -0.39 is 0 Å². The Hall–Kier alpha value is -3.28. The second-order valence-corrected chi connectivity index (χ2v) is 6.32. The molecule has 0 aliphatic carbocycles. The van der Waals surface area contributed by atoms with Crippen LogP contribution in [-0.4, -0.2) is 25.0 Å². The molecule has 0 atom stereocenters. The normalized spacial score (nSPS) is 13.9. The van der Waals surface area contributed by atoms with E-state index in [4.69, 9.17) is 4.42 Å². The van der Waals surface area contributed by atoms with Crippen LogP contribution >= 0.6 is 0 Å². The smallest absolute Gasteiger partial charge is 0.322 e. The molecule has 0 radical (unpaired) electrons. The van der Waals surface area contributed by atoms with Crippen LogP contribution in [0.25, 0.3) is 11.0 Å². The van der Waals surface area contributed by atoms with Crippen molar-refractivity contribution in [2.45, 2.75) is 13.5 Å². The quantitative estimate of drug-likeness (QED) is 0.759. The zero-order valence-corrected chi connectivity index (χ0v) is 14.4. The Morgan fingerprint density at radius 3 is 2.81 bits per heavy atom. The molecule has 132 valence electrons. The summed E-state index contributed by atoms with van der Waals surface area (Å²) in [5, 5.41) is 6.67. The van der Waals surface area contributed by atoms with Crippen molar-refractivity contribution < 1.29 is 14.0 Å². The van der Waals surface area contributed by atoms with E-state index in [0.717, 1.165) is 22.2 Å². The van der Waals surface area contributed by atoms with E-state index in [2.05, 4.69) is 10.6 Å². The molecule has 3 amide bonds. The number of benzene rings is 2. The molecule has 3 aromatic rings. The average Bonchev–Trinajstić information content (AvgIpc) is 3.25. The first-order valence-corrected chi connectivity index (χ1v) is 8.53. The van der Waals surface area contributed by atoms with Gasteiger partial charge in [0.1, 0.15) is 11.3 Å². The molecule has 4 rings (SSSR count). The first-order valence-electron chi connectivity index (χ1n) is 8.53. The third kappa shape index (κ3) is 3.01. The number of nitrogens with zero attached hydrogens (tertiary/aromatic N) is 1. The summed E-state index contributed by atoms with van der Waals surface area (Å²) in [7, 11) is 0. The van der Waals surface area contributed by atoms with Crippen LogP contribution in [0, 0.1) is 6.92 Å². The van der Waals surface area contributed by atoms with Gasteiger partial charge in [-0.1, -0.05) is 18.2 Å². The molecular weight excluding hydrogens is 330 g/mol. The summed E-state index contributed by atoms with van der Waals surface area (Å²) >= 11 is 0. The average molecular weight is 349 g/mol. The fourth-order valence-corrected chi connectivity index (χ4v) is 3.19. The van der Waals surface area contributed by atoms with Crippen LogP contribution in [0.1, 0.15) is 21.7 Å². The SMILES string of the molecule is Cc1cc(C(=O)NCc2cc3ccccc3o2)ccc1N1CCNC1=O. The first kappa shape index (κ1) is 16.2. The summed E-state index contributed by atoms with van der Waals surface area (Å²) in [5.74, 6) is 0.535. The molecule has 1 fully saturated rings. The molecule has 0 spiro atoms. The second-order valence-electron chi connectivity index (χ2n) is 6.32. The molecule has 26 heavy (non-hydrogen) atoms. The van der Waals surface area contributed by atoms with E-state index in [-0.39, 0.29) is 11.9 Å². The van der Waals surface area contributed by atoms with Crippen molar-refractivity contribution in [1.29, 1.82) is 0 Å². The van der Waals surface area contributed by atoms with E-state index in [0.29, 0.717) is 31.0 Å². The summed E-state index contributed by atoms with van der Waals surface area (Å²) in [6.07, 6.45) is 0. The van der Waals surface area contributed by atoms with E-state index in [1.165, 1.54) is 0 Å². The van der Waals surface area contributed by atoms with Gasteiger partial charge in [0.25, 0.3) is 5.91 Å². The summed E-state index contributed by atoms with van der Waals surface area (Å²) in [6.45, 7) is 3.50. The van der Waals surface area contributed by atoms with Crippen molar-refractivity contribution >= 4 is 28.6 Å². The molecule has 1 saturated heterocycles. The van der Waals surface area contributed by atoms with Crippen molar-refractivity contribution in [3.05, 3.63) is 65.4 Å². The third-order valence-corrected chi connectivity index (χ3v) is 4.51. The zero-order chi connectivity index (χ0) is 18.1. The van der Waals surface area contributed by atoms with E-state index in [1.807, 2.05) is 43.3 Å². The molecule has 2 N–H and O–H groups in total. The van der Waals surface area contributed by atoms with Gasteiger partial charge in [-0.05, 0) is 42.8 Å². The van der Waals surface area contributed by atoms with Crippen molar-refractivity contribution in [3.63, 3.8) is 0 Å². The van der Waals surface area contributed by atoms with Gasteiger partial charge in [0, 0.05) is 29.7 Å². The molecule has 6 nitrogen and oxygen atoms in total. The van der Waals surface area contributed by atoms with Gasteiger partial charge in [-0.15, -0.1) is 0 Å². The maximum atomic E-state index is 12.4. The van der Waals surface area contributed by atoms with Crippen LogP contribution in [-0.2, 0) is 6.54 Å². The minimum atomic E-state index is -0.175. The summed E-state index contributed by atoms with van der Waals surface area (Å²) in [6, 6.07) is 14.9. The topological polar surface area (TPSA) is 74.6 Å². The summed E-state index contributed by atoms with van der Waals surface area (Å²) in [4.78, 5) is 25.9. The monoisotopic (exact) mass is 349 g/mol. The van der Waals surface area contributed by atoms with Crippen LogP contribution < -0.4 is 15.5 Å². The van der Waals surface area contributed by atoms with Crippen molar-refractivity contribution in [1.82, 2.24) is 10.6 Å². The molecule has 0 bridgehead atoms.